The molecule has 1 aromatic carbocycles. The Hall–Kier alpha value is -3.06. The minimum absolute atomic E-state index is 0.168. The SMILES string of the molecule is Cc1noc(C)c1-c1[nH]c2c(c1C(=Nc1ccc(O)cc1)NO)CCC2. The molecule has 0 saturated carbocycles. The number of benzene rings is 1. The number of hydroxylamine groups is 1. The molecule has 7 nitrogen and oxygen atoms in total. The maximum atomic E-state index is 9.82. The van der Waals surface area contributed by atoms with Crippen LogP contribution in [0.3, 0.4) is 0 Å². The number of hydrogen-bond donors (Lipinski definition) is 4. The molecular weight excluding hydrogens is 332 g/mol. The second-order valence-electron chi connectivity index (χ2n) is 6.47. The second-order valence-corrected chi connectivity index (χ2v) is 6.47. The fourth-order valence-electron chi connectivity index (χ4n) is 3.60. The van der Waals surface area contributed by atoms with Gasteiger partial charge in [0.25, 0.3) is 0 Å². The summed E-state index contributed by atoms with van der Waals surface area (Å²) >= 11 is 0. The molecule has 0 radical (unpaired) electrons. The molecule has 0 amide bonds. The third-order valence-electron chi connectivity index (χ3n) is 4.76. The fourth-order valence-corrected chi connectivity index (χ4v) is 3.60. The van der Waals surface area contributed by atoms with Gasteiger partial charge in [-0.1, -0.05) is 5.16 Å². The molecule has 0 atom stereocenters. The number of fused-ring (bicyclic) bond motifs is 1. The van der Waals surface area contributed by atoms with Gasteiger partial charge in [0.05, 0.1) is 22.6 Å². The summed E-state index contributed by atoms with van der Waals surface area (Å²) in [4.78, 5) is 8.03. The Labute approximate surface area is 150 Å². The van der Waals surface area contributed by atoms with E-state index in [2.05, 4.69) is 20.6 Å². The molecule has 0 unspecified atom stereocenters. The van der Waals surface area contributed by atoms with Crippen LogP contribution in [-0.2, 0) is 12.8 Å². The first-order valence-electron chi connectivity index (χ1n) is 8.53. The zero-order chi connectivity index (χ0) is 18.3. The van der Waals surface area contributed by atoms with Crippen molar-refractivity contribution in [2.75, 3.05) is 0 Å². The van der Waals surface area contributed by atoms with E-state index >= 15 is 0 Å². The first-order chi connectivity index (χ1) is 12.6. The highest BCUT2D eigenvalue weighted by Crippen LogP contribution is 2.37. The minimum atomic E-state index is 0.168. The van der Waals surface area contributed by atoms with E-state index in [1.165, 1.54) is 0 Å². The van der Waals surface area contributed by atoms with Gasteiger partial charge in [0.2, 0.25) is 0 Å². The highest BCUT2D eigenvalue weighted by molar-refractivity contribution is 6.06. The van der Waals surface area contributed by atoms with Crippen LogP contribution in [0.15, 0.2) is 33.8 Å². The Bertz CT molecular complexity index is 964. The number of aromatic nitrogens is 2. The molecule has 2 aromatic heterocycles. The van der Waals surface area contributed by atoms with E-state index < -0.39 is 0 Å². The number of nitrogens with zero attached hydrogens (tertiary/aromatic N) is 2. The molecule has 4 N–H and O–H groups in total. The molecule has 26 heavy (non-hydrogen) atoms. The number of hydrogen-bond acceptors (Lipinski definition) is 5. The quantitative estimate of drug-likeness (QED) is 0.328. The Kier molecular flexibility index (Phi) is 4.00. The number of aromatic hydroxyl groups is 1. The highest BCUT2D eigenvalue weighted by Gasteiger charge is 2.28. The van der Waals surface area contributed by atoms with Crippen molar-refractivity contribution >= 4 is 11.5 Å². The van der Waals surface area contributed by atoms with Crippen molar-refractivity contribution in [3.05, 3.63) is 52.5 Å². The zero-order valence-electron chi connectivity index (χ0n) is 14.6. The van der Waals surface area contributed by atoms with Crippen LogP contribution in [0.5, 0.6) is 5.75 Å². The number of aliphatic imine (C=N–C) groups is 1. The van der Waals surface area contributed by atoms with Gasteiger partial charge in [-0.05, 0) is 62.9 Å². The lowest BCUT2D eigenvalue weighted by Gasteiger charge is -2.09. The molecule has 1 aliphatic carbocycles. The largest absolute Gasteiger partial charge is 0.508 e. The molecule has 0 saturated heterocycles. The number of aromatic amines is 1. The molecule has 0 bridgehead atoms. The Balaban J connectivity index is 1.90. The van der Waals surface area contributed by atoms with Crippen LogP contribution in [0.25, 0.3) is 11.3 Å². The number of aryl methyl sites for hydroxylation is 3. The lowest BCUT2D eigenvalue weighted by molar-refractivity contribution is 0.235. The summed E-state index contributed by atoms with van der Waals surface area (Å²) in [6.45, 7) is 3.76. The van der Waals surface area contributed by atoms with Crippen LogP contribution in [-0.4, -0.2) is 26.3 Å². The lowest BCUT2D eigenvalue weighted by atomic mass is 10.0. The Morgan fingerprint density at radius 3 is 2.65 bits per heavy atom. The van der Waals surface area contributed by atoms with E-state index in [4.69, 9.17) is 4.52 Å². The van der Waals surface area contributed by atoms with Crippen molar-refractivity contribution in [3.63, 3.8) is 0 Å². The van der Waals surface area contributed by atoms with Crippen molar-refractivity contribution < 1.29 is 14.8 Å². The van der Waals surface area contributed by atoms with Crippen LogP contribution in [0.2, 0.25) is 0 Å². The van der Waals surface area contributed by atoms with Crippen molar-refractivity contribution in [2.24, 2.45) is 4.99 Å². The molecule has 3 aromatic rings. The summed E-state index contributed by atoms with van der Waals surface area (Å²) in [6.07, 6.45) is 2.94. The normalized spacial score (nSPS) is 13.9. The fraction of sp³-hybridized carbons (Fsp3) is 0.263. The van der Waals surface area contributed by atoms with Crippen molar-refractivity contribution in [1.29, 1.82) is 0 Å². The first-order valence-corrected chi connectivity index (χ1v) is 8.53. The maximum Gasteiger partial charge on any atom is 0.159 e. The summed E-state index contributed by atoms with van der Waals surface area (Å²) in [5.74, 6) is 1.23. The van der Waals surface area contributed by atoms with E-state index in [0.29, 0.717) is 17.3 Å². The summed E-state index contributed by atoms with van der Waals surface area (Å²) in [5, 5.41) is 23.3. The number of phenolic OH excluding ortho intramolecular Hbond substituents is 1. The molecule has 2 heterocycles. The number of phenols is 1. The number of rotatable bonds is 3. The topological polar surface area (TPSA) is 107 Å². The average molecular weight is 352 g/mol. The minimum Gasteiger partial charge on any atom is -0.508 e. The van der Waals surface area contributed by atoms with E-state index in [1.54, 1.807) is 24.3 Å². The lowest BCUT2D eigenvalue weighted by Crippen LogP contribution is -2.21. The van der Waals surface area contributed by atoms with Crippen LogP contribution in [0.4, 0.5) is 5.69 Å². The first kappa shape index (κ1) is 16.4. The predicted molar refractivity (Wildman–Crippen MR) is 97.0 cm³/mol. The summed E-state index contributed by atoms with van der Waals surface area (Å²) in [7, 11) is 0. The third-order valence-corrected chi connectivity index (χ3v) is 4.76. The number of amidine groups is 1. The van der Waals surface area contributed by atoms with E-state index in [-0.39, 0.29) is 5.75 Å². The Morgan fingerprint density at radius 2 is 2.00 bits per heavy atom. The zero-order valence-corrected chi connectivity index (χ0v) is 14.6. The number of H-pyrrole nitrogens is 1. The van der Waals surface area contributed by atoms with Gasteiger partial charge in [0, 0.05) is 11.3 Å². The van der Waals surface area contributed by atoms with E-state index in [9.17, 15) is 10.3 Å². The van der Waals surface area contributed by atoms with Gasteiger partial charge in [0.15, 0.2) is 5.84 Å². The second kappa shape index (κ2) is 6.34. The van der Waals surface area contributed by atoms with Gasteiger partial charge >= 0.3 is 0 Å². The van der Waals surface area contributed by atoms with Gasteiger partial charge in [-0.3, -0.25) is 10.7 Å². The van der Waals surface area contributed by atoms with E-state index in [1.807, 2.05) is 13.8 Å². The molecule has 0 spiro atoms. The van der Waals surface area contributed by atoms with Crippen molar-refractivity contribution in [3.8, 4) is 17.0 Å². The molecule has 1 aliphatic rings. The van der Waals surface area contributed by atoms with Gasteiger partial charge in [0.1, 0.15) is 11.5 Å². The van der Waals surface area contributed by atoms with Gasteiger partial charge in [-0.15, -0.1) is 0 Å². The predicted octanol–water partition coefficient (Wildman–Crippen LogP) is 3.54. The molecule has 0 fully saturated rings. The van der Waals surface area contributed by atoms with Crippen molar-refractivity contribution in [2.45, 2.75) is 33.1 Å². The van der Waals surface area contributed by atoms with Gasteiger partial charge in [-0.2, -0.15) is 0 Å². The third kappa shape index (κ3) is 2.66. The van der Waals surface area contributed by atoms with E-state index in [0.717, 1.165) is 53.0 Å². The Morgan fingerprint density at radius 1 is 1.23 bits per heavy atom. The molecule has 4 rings (SSSR count). The number of nitrogens with one attached hydrogen (secondary N) is 2. The van der Waals surface area contributed by atoms with Crippen LogP contribution in [0, 0.1) is 13.8 Å². The maximum absolute atomic E-state index is 9.82. The summed E-state index contributed by atoms with van der Waals surface area (Å²) in [6, 6.07) is 6.50. The van der Waals surface area contributed by atoms with Crippen molar-refractivity contribution in [1.82, 2.24) is 15.6 Å². The van der Waals surface area contributed by atoms with Crippen LogP contribution in [0.1, 0.15) is 34.7 Å². The summed E-state index contributed by atoms with van der Waals surface area (Å²) in [5.41, 5.74) is 8.55. The van der Waals surface area contributed by atoms with Gasteiger partial charge < -0.3 is 14.6 Å². The van der Waals surface area contributed by atoms with Crippen LogP contribution < -0.4 is 5.48 Å². The molecule has 134 valence electrons. The standard InChI is InChI=1S/C19H20N4O3/c1-10-16(11(2)26-23-10)18-17(14-4-3-5-15(14)21-18)19(22-25)20-12-6-8-13(24)9-7-12/h6-9,21,24-25H,3-5H2,1-2H3,(H,20,22). The molecule has 7 heteroatoms. The average Bonchev–Trinajstić information content (AvgIpc) is 3.29. The van der Waals surface area contributed by atoms with Gasteiger partial charge in [-0.25, -0.2) is 4.99 Å². The highest BCUT2D eigenvalue weighted by atomic mass is 16.5. The monoisotopic (exact) mass is 352 g/mol. The molecular formula is C19H20N4O3. The van der Waals surface area contributed by atoms with Crippen LogP contribution >= 0.6 is 0 Å². The summed E-state index contributed by atoms with van der Waals surface area (Å²) < 4.78 is 5.33. The smallest absolute Gasteiger partial charge is 0.159 e. The molecule has 0 aliphatic heterocycles.